The van der Waals surface area contributed by atoms with Gasteiger partial charge >= 0.3 is 0 Å². The fourth-order valence-electron chi connectivity index (χ4n) is 2.05. The lowest BCUT2D eigenvalue weighted by atomic mass is 10.1. The number of aryl methyl sites for hydroxylation is 1. The Balaban J connectivity index is 1.95. The smallest absolute Gasteiger partial charge is 0.128 e. The minimum atomic E-state index is 0.874. The van der Waals surface area contributed by atoms with E-state index >= 15 is 0 Å². The summed E-state index contributed by atoms with van der Waals surface area (Å²) in [4.78, 5) is 0. The first-order valence-corrected chi connectivity index (χ1v) is 6.04. The largest absolute Gasteiger partial charge is 0.457 e. The van der Waals surface area contributed by atoms with E-state index in [-0.39, 0.29) is 0 Å². The summed E-state index contributed by atoms with van der Waals surface area (Å²) in [5.74, 6) is 1.75. The number of hydrogen-bond acceptors (Lipinski definition) is 1. The van der Waals surface area contributed by atoms with Gasteiger partial charge in [-0.15, -0.1) is 0 Å². The predicted octanol–water partition coefficient (Wildman–Crippen LogP) is 4.94. The molecule has 0 aliphatic carbocycles. The summed E-state index contributed by atoms with van der Waals surface area (Å²) in [5.41, 5.74) is 1.20. The zero-order valence-corrected chi connectivity index (χ0v) is 10.3. The molecule has 0 aliphatic heterocycles. The van der Waals surface area contributed by atoms with Gasteiger partial charge in [-0.3, -0.25) is 0 Å². The lowest BCUT2D eigenvalue weighted by Crippen LogP contribution is -1.84. The molecule has 3 rings (SSSR count). The maximum atomic E-state index is 5.87. The van der Waals surface area contributed by atoms with Crippen molar-refractivity contribution in [3.8, 4) is 11.5 Å². The summed E-state index contributed by atoms with van der Waals surface area (Å²) in [6.45, 7) is 2.06. The summed E-state index contributed by atoms with van der Waals surface area (Å²) in [6, 6.07) is 22.5. The van der Waals surface area contributed by atoms with Crippen LogP contribution in [-0.4, -0.2) is 0 Å². The Morgan fingerprint density at radius 1 is 0.667 bits per heavy atom. The van der Waals surface area contributed by atoms with Crippen molar-refractivity contribution in [3.05, 3.63) is 72.3 Å². The Labute approximate surface area is 107 Å². The highest BCUT2D eigenvalue weighted by Crippen LogP contribution is 2.25. The molecule has 0 N–H and O–H groups in total. The molecule has 88 valence electrons. The first-order chi connectivity index (χ1) is 8.81. The van der Waals surface area contributed by atoms with Gasteiger partial charge in [-0.05, 0) is 47.5 Å². The molecule has 0 saturated heterocycles. The Hall–Kier alpha value is -2.28. The van der Waals surface area contributed by atoms with E-state index in [1.54, 1.807) is 0 Å². The third-order valence-electron chi connectivity index (χ3n) is 2.95. The van der Waals surface area contributed by atoms with Crippen molar-refractivity contribution in [1.29, 1.82) is 0 Å². The lowest BCUT2D eigenvalue weighted by Gasteiger charge is -2.07. The Bertz CT molecular complexity index is 686. The summed E-state index contributed by atoms with van der Waals surface area (Å²) in [7, 11) is 0. The standard InChI is InChI=1S/C17H14O/c1-13-5-4-8-16(11-13)18-17-10-9-14-6-2-3-7-15(14)12-17/h2-12H,1H3. The summed E-state index contributed by atoms with van der Waals surface area (Å²) < 4.78 is 5.87. The van der Waals surface area contributed by atoms with Gasteiger partial charge in [0.15, 0.2) is 0 Å². The molecule has 0 atom stereocenters. The minimum absolute atomic E-state index is 0.874. The van der Waals surface area contributed by atoms with Gasteiger partial charge in [0.25, 0.3) is 0 Å². The second kappa shape index (κ2) is 4.53. The molecule has 1 heteroatoms. The van der Waals surface area contributed by atoms with Crippen LogP contribution in [0.5, 0.6) is 11.5 Å². The van der Waals surface area contributed by atoms with Crippen LogP contribution in [0.3, 0.4) is 0 Å². The zero-order chi connectivity index (χ0) is 12.4. The topological polar surface area (TPSA) is 9.23 Å². The molecule has 0 radical (unpaired) electrons. The van der Waals surface area contributed by atoms with Gasteiger partial charge in [-0.2, -0.15) is 0 Å². The molecule has 0 unspecified atom stereocenters. The predicted molar refractivity (Wildman–Crippen MR) is 75.2 cm³/mol. The molecule has 0 saturated carbocycles. The van der Waals surface area contributed by atoms with E-state index in [2.05, 4.69) is 37.3 Å². The third-order valence-corrected chi connectivity index (χ3v) is 2.95. The van der Waals surface area contributed by atoms with Crippen LogP contribution in [0.1, 0.15) is 5.56 Å². The molecule has 3 aromatic carbocycles. The highest BCUT2D eigenvalue weighted by Gasteiger charge is 1.99. The van der Waals surface area contributed by atoms with Gasteiger partial charge in [0.05, 0.1) is 0 Å². The maximum Gasteiger partial charge on any atom is 0.128 e. The number of ether oxygens (including phenoxy) is 1. The summed E-state index contributed by atoms with van der Waals surface area (Å²) in [6.07, 6.45) is 0. The van der Waals surface area contributed by atoms with Crippen molar-refractivity contribution in [2.75, 3.05) is 0 Å². The Morgan fingerprint density at radius 3 is 2.28 bits per heavy atom. The molecular formula is C17H14O. The monoisotopic (exact) mass is 234 g/mol. The van der Waals surface area contributed by atoms with Gasteiger partial charge in [-0.25, -0.2) is 0 Å². The van der Waals surface area contributed by atoms with E-state index in [0.29, 0.717) is 0 Å². The van der Waals surface area contributed by atoms with Crippen LogP contribution in [0.4, 0.5) is 0 Å². The number of fused-ring (bicyclic) bond motifs is 1. The van der Waals surface area contributed by atoms with E-state index in [0.717, 1.165) is 11.5 Å². The fraction of sp³-hybridized carbons (Fsp3) is 0.0588. The lowest BCUT2D eigenvalue weighted by molar-refractivity contribution is 0.483. The van der Waals surface area contributed by atoms with Gasteiger partial charge in [0.2, 0.25) is 0 Å². The van der Waals surface area contributed by atoms with Crippen LogP contribution >= 0.6 is 0 Å². The molecule has 0 aromatic heterocycles. The second-order valence-electron chi connectivity index (χ2n) is 4.43. The van der Waals surface area contributed by atoms with Crippen molar-refractivity contribution >= 4 is 10.8 Å². The van der Waals surface area contributed by atoms with Crippen molar-refractivity contribution in [1.82, 2.24) is 0 Å². The van der Waals surface area contributed by atoms with Gasteiger partial charge in [-0.1, -0.05) is 42.5 Å². The van der Waals surface area contributed by atoms with Gasteiger partial charge in [0, 0.05) is 0 Å². The van der Waals surface area contributed by atoms with Crippen molar-refractivity contribution in [2.45, 2.75) is 6.92 Å². The van der Waals surface area contributed by atoms with E-state index < -0.39 is 0 Å². The average Bonchev–Trinajstić information content (AvgIpc) is 2.39. The van der Waals surface area contributed by atoms with E-state index in [4.69, 9.17) is 4.74 Å². The van der Waals surface area contributed by atoms with Gasteiger partial charge in [0.1, 0.15) is 11.5 Å². The molecule has 0 bridgehead atoms. The zero-order valence-electron chi connectivity index (χ0n) is 10.3. The average molecular weight is 234 g/mol. The second-order valence-corrected chi connectivity index (χ2v) is 4.43. The quantitative estimate of drug-likeness (QED) is 0.610. The van der Waals surface area contributed by atoms with Crippen LogP contribution in [0.15, 0.2) is 66.7 Å². The van der Waals surface area contributed by atoms with Crippen LogP contribution in [0.25, 0.3) is 10.8 Å². The maximum absolute atomic E-state index is 5.87. The number of benzene rings is 3. The highest BCUT2D eigenvalue weighted by atomic mass is 16.5. The van der Waals surface area contributed by atoms with E-state index in [9.17, 15) is 0 Å². The Kier molecular flexibility index (Phi) is 2.73. The Morgan fingerprint density at radius 2 is 1.44 bits per heavy atom. The summed E-state index contributed by atoms with van der Waals surface area (Å²) in [5, 5.41) is 2.43. The van der Waals surface area contributed by atoms with Gasteiger partial charge < -0.3 is 4.74 Å². The van der Waals surface area contributed by atoms with Crippen molar-refractivity contribution in [2.24, 2.45) is 0 Å². The molecule has 0 amide bonds. The normalized spacial score (nSPS) is 10.5. The van der Waals surface area contributed by atoms with Crippen molar-refractivity contribution < 1.29 is 4.74 Å². The molecule has 0 spiro atoms. The van der Waals surface area contributed by atoms with Crippen LogP contribution in [-0.2, 0) is 0 Å². The van der Waals surface area contributed by atoms with Crippen LogP contribution in [0.2, 0.25) is 0 Å². The fourth-order valence-corrected chi connectivity index (χ4v) is 2.05. The van der Waals surface area contributed by atoms with E-state index in [1.165, 1.54) is 16.3 Å². The number of rotatable bonds is 2. The van der Waals surface area contributed by atoms with Crippen LogP contribution in [0, 0.1) is 6.92 Å². The molecule has 3 aromatic rings. The third kappa shape index (κ3) is 2.21. The minimum Gasteiger partial charge on any atom is -0.457 e. The van der Waals surface area contributed by atoms with Crippen LogP contribution < -0.4 is 4.74 Å². The number of hydrogen-bond donors (Lipinski definition) is 0. The molecule has 0 aliphatic rings. The highest BCUT2D eigenvalue weighted by molar-refractivity contribution is 5.83. The summed E-state index contributed by atoms with van der Waals surface area (Å²) >= 11 is 0. The molecule has 18 heavy (non-hydrogen) atoms. The first-order valence-electron chi connectivity index (χ1n) is 6.04. The first kappa shape index (κ1) is 10.8. The van der Waals surface area contributed by atoms with Crippen molar-refractivity contribution in [3.63, 3.8) is 0 Å². The molecule has 0 fully saturated rings. The molecule has 1 nitrogen and oxygen atoms in total. The van der Waals surface area contributed by atoms with E-state index in [1.807, 2.05) is 36.4 Å². The molecule has 0 heterocycles. The molecular weight excluding hydrogens is 220 g/mol. The SMILES string of the molecule is Cc1cccc(Oc2ccc3ccccc3c2)c1.